The van der Waals surface area contributed by atoms with Gasteiger partial charge in [0.1, 0.15) is 0 Å². The lowest BCUT2D eigenvalue weighted by molar-refractivity contribution is -0.132. The van der Waals surface area contributed by atoms with E-state index in [4.69, 9.17) is 0 Å². The SMILES string of the molecule is CCNC(C)CC(=O)N(C)C(CC)CC. The quantitative estimate of drug-likeness (QED) is 0.703. The van der Waals surface area contributed by atoms with Crippen LogP contribution < -0.4 is 5.32 Å². The molecule has 0 fully saturated rings. The summed E-state index contributed by atoms with van der Waals surface area (Å²) in [5, 5.41) is 3.26. The molecule has 0 aliphatic heterocycles. The third-order valence-corrected chi connectivity index (χ3v) is 2.92. The zero-order valence-corrected chi connectivity index (χ0v) is 10.8. The van der Waals surface area contributed by atoms with Crippen molar-refractivity contribution < 1.29 is 4.79 Å². The van der Waals surface area contributed by atoms with E-state index in [0.29, 0.717) is 12.5 Å². The standard InChI is InChI=1S/C12H26N2O/c1-6-11(7-2)14(5)12(15)9-10(4)13-8-3/h10-11,13H,6-9H2,1-5H3. The number of rotatable bonds is 7. The topological polar surface area (TPSA) is 32.3 Å². The minimum atomic E-state index is 0.247. The van der Waals surface area contributed by atoms with Crippen LogP contribution in [0.2, 0.25) is 0 Å². The number of hydrogen-bond acceptors (Lipinski definition) is 2. The Hall–Kier alpha value is -0.570. The lowest BCUT2D eigenvalue weighted by Gasteiger charge is -2.27. The Bertz CT molecular complexity index is 178. The average molecular weight is 214 g/mol. The van der Waals surface area contributed by atoms with Crippen molar-refractivity contribution in [3.63, 3.8) is 0 Å². The van der Waals surface area contributed by atoms with E-state index in [-0.39, 0.29) is 11.9 Å². The molecule has 0 aromatic heterocycles. The van der Waals surface area contributed by atoms with Crippen LogP contribution in [0.15, 0.2) is 0 Å². The maximum Gasteiger partial charge on any atom is 0.224 e. The second-order valence-electron chi connectivity index (χ2n) is 4.14. The van der Waals surface area contributed by atoms with Gasteiger partial charge < -0.3 is 10.2 Å². The van der Waals surface area contributed by atoms with Gasteiger partial charge in [-0.1, -0.05) is 20.8 Å². The van der Waals surface area contributed by atoms with E-state index in [9.17, 15) is 4.79 Å². The molecule has 0 spiro atoms. The lowest BCUT2D eigenvalue weighted by atomic mass is 10.1. The van der Waals surface area contributed by atoms with Crippen LogP contribution in [0.3, 0.4) is 0 Å². The van der Waals surface area contributed by atoms with Crippen molar-refractivity contribution in [1.82, 2.24) is 10.2 Å². The molecule has 0 saturated carbocycles. The highest BCUT2D eigenvalue weighted by atomic mass is 16.2. The van der Waals surface area contributed by atoms with Crippen LogP contribution in [0, 0.1) is 0 Å². The molecule has 0 aliphatic carbocycles. The number of amides is 1. The largest absolute Gasteiger partial charge is 0.343 e. The number of carbonyl (C=O) groups is 1. The molecule has 0 heterocycles. The van der Waals surface area contributed by atoms with Crippen LogP contribution in [0.25, 0.3) is 0 Å². The second-order valence-corrected chi connectivity index (χ2v) is 4.14. The summed E-state index contributed by atoms with van der Waals surface area (Å²) in [4.78, 5) is 13.8. The summed E-state index contributed by atoms with van der Waals surface area (Å²) in [7, 11) is 1.92. The van der Waals surface area contributed by atoms with Gasteiger partial charge in [0.15, 0.2) is 0 Å². The molecule has 0 aliphatic rings. The predicted octanol–water partition coefficient (Wildman–Crippen LogP) is 2.02. The van der Waals surface area contributed by atoms with Gasteiger partial charge >= 0.3 is 0 Å². The van der Waals surface area contributed by atoms with Crippen LogP contribution in [-0.2, 0) is 4.79 Å². The van der Waals surface area contributed by atoms with Gasteiger partial charge in [0.2, 0.25) is 5.91 Å². The van der Waals surface area contributed by atoms with E-state index in [1.807, 2.05) is 11.9 Å². The molecular weight excluding hydrogens is 188 g/mol. The monoisotopic (exact) mass is 214 g/mol. The Morgan fingerprint density at radius 3 is 2.20 bits per heavy atom. The zero-order valence-electron chi connectivity index (χ0n) is 10.8. The smallest absolute Gasteiger partial charge is 0.224 e. The summed E-state index contributed by atoms with van der Waals surface area (Å²) in [5.74, 6) is 0.247. The Balaban J connectivity index is 4.07. The highest BCUT2D eigenvalue weighted by Crippen LogP contribution is 2.08. The van der Waals surface area contributed by atoms with E-state index in [2.05, 4.69) is 33.0 Å². The van der Waals surface area contributed by atoms with Gasteiger partial charge in [0, 0.05) is 25.6 Å². The van der Waals surface area contributed by atoms with Crippen molar-refractivity contribution in [3.8, 4) is 0 Å². The van der Waals surface area contributed by atoms with Crippen molar-refractivity contribution in [2.75, 3.05) is 13.6 Å². The summed E-state index contributed by atoms with van der Waals surface area (Å²) >= 11 is 0. The Morgan fingerprint density at radius 1 is 1.27 bits per heavy atom. The summed E-state index contributed by atoms with van der Waals surface area (Å²) in [6.45, 7) is 9.30. The maximum absolute atomic E-state index is 11.9. The first-order chi connectivity index (χ1) is 7.06. The summed E-state index contributed by atoms with van der Waals surface area (Å²) in [5.41, 5.74) is 0. The number of carbonyl (C=O) groups excluding carboxylic acids is 1. The van der Waals surface area contributed by atoms with E-state index in [0.717, 1.165) is 19.4 Å². The van der Waals surface area contributed by atoms with Gasteiger partial charge in [-0.3, -0.25) is 4.79 Å². The third kappa shape index (κ3) is 5.17. The second kappa shape index (κ2) is 7.69. The first-order valence-electron chi connectivity index (χ1n) is 6.05. The van der Waals surface area contributed by atoms with Gasteiger partial charge in [-0.2, -0.15) is 0 Å². The molecule has 0 aromatic rings. The average Bonchev–Trinajstić information content (AvgIpc) is 2.19. The van der Waals surface area contributed by atoms with Crippen LogP contribution in [0.4, 0.5) is 0 Å². The molecule has 0 bridgehead atoms. The van der Waals surface area contributed by atoms with Crippen molar-refractivity contribution >= 4 is 5.91 Å². The fraction of sp³-hybridized carbons (Fsp3) is 0.917. The molecule has 90 valence electrons. The highest BCUT2D eigenvalue weighted by molar-refractivity contribution is 5.76. The van der Waals surface area contributed by atoms with Crippen LogP contribution in [0.5, 0.6) is 0 Å². The van der Waals surface area contributed by atoms with E-state index < -0.39 is 0 Å². The minimum absolute atomic E-state index is 0.247. The molecule has 0 aromatic carbocycles. The molecule has 0 rings (SSSR count). The van der Waals surface area contributed by atoms with E-state index in [1.165, 1.54) is 0 Å². The summed E-state index contributed by atoms with van der Waals surface area (Å²) in [6, 6.07) is 0.672. The minimum Gasteiger partial charge on any atom is -0.343 e. The van der Waals surface area contributed by atoms with Gasteiger partial charge in [-0.15, -0.1) is 0 Å². The predicted molar refractivity (Wildman–Crippen MR) is 64.9 cm³/mol. The zero-order chi connectivity index (χ0) is 11.8. The molecule has 3 nitrogen and oxygen atoms in total. The molecule has 1 N–H and O–H groups in total. The van der Waals surface area contributed by atoms with E-state index in [1.54, 1.807) is 0 Å². The van der Waals surface area contributed by atoms with Crippen molar-refractivity contribution in [1.29, 1.82) is 0 Å². The normalized spacial score (nSPS) is 12.9. The molecule has 3 heteroatoms. The molecule has 15 heavy (non-hydrogen) atoms. The number of hydrogen-bond donors (Lipinski definition) is 1. The maximum atomic E-state index is 11.9. The van der Waals surface area contributed by atoms with Gasteiger partial charge in [0.05, 0.1) is 0 Å². The fourth-order valence-corrected chi connectivity index (χ4v) is 1.87. The lowest BCUT2D eigenvalue weighted by Crippen LogP contribution is -2.40. The number of nitrogens with zero attached hydrogens (tertiary/aromatic N) is 1. The van der Waals surface area contributed by atoms with Crippen LogP contribution >= 0.6 is 0 Å². The molecule has 0 radical (unpaired) electrons. The van der Waals surface area contributed by atoms with Crippen LogP contribution in [-0.4, -0.2) is 36.5 Å². The summed E-state index contributed by atoms with van der Waals surface area (Å²) in [6.07, 6.45) is 2.67. The van der Waals surface area contributed by atoms with Gasteiger partial charge in [0.25, 0.3) is 0 Å². The van der Waals surface area contributed by atoms with Crippen molar-refractivity contribution in [2.45, 2.75) is 59.0 Å². The molecule has 1 unspecified atom stereocenters. The van der Waals surface area contributed by atoms with Crippen LogP contribution in [0.1, 0.15) is 47.0 Å². The van der Waals surface area contributed by atoms with Gasteiger partial charge in [-0.25, -0.2) is 0 Å². The van der Waals surface area contributed by atoms with Crippen molar-refractivity contribution in [3.05, 3.63) is 0 Å². The Morgan fingerprint density at radius 2 is 1.80 bits per heavy atom. The van der Waals surface area contributed by atoms with Crippen molar-refractivity contribution in [2.24, 2.45) is 0 Å². The molecule has 1 amide bonds. The number of nitrogens with one attached hydrogen (secondary N) is 1. The summed E-state index contributed by atoms with van der Waals surface area (Å²) < 4.78 is 0. The third-order valence-electron chi connectivity index (χ3n) is 2.92. The Kier molecular flexibility index (Phi) is 7.39. The highest BCUT2D eigenvalue weighted by Gasteiger charge is 2.18. The molecular formula is C12H26N2O. The Labute approximate surface area is 94.2 Å². The van der Waals surface area contributed by atoms with Gasteiger partial charge in [-0.05, 0) is 26.3 Å². The first-order valence-corrected chi connectivity index (χ1v) is 6.05. The van der Waals surface area contributed by atoms with E-state index >= 15 is 0 Å². The molecule has 0 saturated heterocycles. The molecule has 1 atom stereocenters. The first kappa shape index (κ1) is 14.4. The fourth-order valence-electron chi connectivity index (χ4n) is 1.87.